The van der Waals surface area contributed by atoms with Crippen molar-refractivity contribution in [2.75, 3.05) is 11.1 Å². The molecule has 2 amide bonds. The van der Waals surface area contributed by atoms with Crippen molar-refractivity contribution in [3.05, 3.63) is 59.7 Å². The Morgan fingerprint density at radius 3 is 2.33 bits per heavy atom. The third-order valence-electron chi connectivity index (χ3n) is 4.44. The zero-order chi connectivity index (χ0) is 19.4. The largest absolute Gasteiger partial charge is 0.353 e. The summed E-state index contributed by atoms with van der Waals surface area (Å²) in [4.78, 5) is 25.5. The quantitative estimate of drug-likeness (QED) is 0.718. The van der Waals surface area contributed by atoms with Crippen molar-refractivity contribution >= 4 is 29.3 Å². The Morgan fingerprint density at radius 1 is 1.04 bits per heavy atom. The van der Waals surface area contributed by atoms with Crippen LogP contribution in [0.4, 0.5) is 5.69 Å². The van der Waals surface area contributed by atoms with E-state index in [-0.39, 0.29) is 17.2 Å². The van der Waals surface area contributed by atoms with E-state index in [1.54, 1.807) is 6.07 Å². The molecule has 142 valence electrons. The minimum Gasteiger partial charge on any atom is -0.353 e. The molecule has 2 aromatic rings. The standard InChI is InChI=1S/C22H26N2O2S/c1-22(2,3)15-8-10-17(11-9-15)24-21(26)18-6-4-5-7-19(18)27-14-20(25)23-16-12-13-16/h4-11,16H,12-14H2,1-3H3,(H,23,25)(H,24,26). The third kappa shape index (κ3) is 5.60. The first-order chi connectivity index (χ1) is 12.8. The van der Waals surface area contributed by atoms with E-state index in [2.05, 4.69) is 31.4 Å². The second-order valence-corrected chi connectivity index (χ2v) is 8.93. The van der Waals surface area contributed by atoms with Gasteiger partial charge in [-0.1, -0.05) is 45.0 Å². The van der Waals surface area contributed by atoms with Crippen molar-refractivity contribution in [1.82, 2.24) is 5.32 Å². The van der Waals surface area contributed by atoms with E-state index in [1.165, 1.54) is 17.3 Å². The van der Waals surface area contributed by atoms with Gasteiger partial charge in [0.2, 0.25) is 5.91 Å². The number of hydrogen-bond donors (Lipinski definition) is 2. The number of amides is 2. The monoisotopic (exact) mass is 382 g/mol. The molecule has 0 spiro atoms. The lowest BCUT2D eigenvalue weighted by atomic mass is 9.87. The van der Waals surface area contributed by atoms with Crippen LogP contribution in [0.1, 0.15) is 49.5 Å². The Morgan fingerprint density at radius 2 is 1.70 bits per heavy atom. The molecule has 1 fully saturated rings. The summed E-state index contributed by atoms with van der Waals surface area (Å²) in [6.45, 7) is 6.48. The molecule has 1 aliphatic carbocycles. The first kappa shape index (κ1) is 19.5. The first-order valence-corrected chi connectivity index (χ1v) is 10.2. The summed E-state index contributed by atoms with van der Waals surface area (Å²) in [5, 5.41) is 5.92. The summed E-state index contributed by atoms with van der Waals surface area (Å²) < 4.78 is 0. The predicted molar refractivity (Wildman–Crippen MR) is 111 cm³/mol. The van der Waals surface area contributed by atoms with Gasteiger partial charge >= 0.3 is 0 Å². The normalized spacial score (nSPS) is 13.9. The second kappa shape index (κ2) is 8.17. The molecule has 27 heavy (non-hydrogen) atoms. The molecule has 1 aliphatic rings. The van der Waals surface area contributed by atoms with Gasteiger partial charge in [-0.3, -0.25) is 9.59 Å². The number of rotatable bonds is 6. The summed E-state index contributed by atoms with van der Waals surface area (Å²) in [6.07, 6.45) is 2.15. The van der Waals surface area contributed by atoms with E-state index in [0.29, 0.717) is 17.4 Å². The molecule has 5 heteroatoms. The number of hydrogen-bond acceptors (Lipinski definition) is 3. The fourth-order valence-corrected chi connectivity index (χ4v) is 3.53. The van der Waals surface area contributed by atoms with E-state index in [0.717, 1.165) is 23.4 Å². The van der Waals surface area contributed by atoms with Crippen LogP contribution in [-0.4, -0.2) is 23.6 Å². The molecule has 0 saturated heterocycles. The van der Waals surface area contributed by atoms with Crippen LogP contribution in [0.2, 0.25) is 0 Å². The molecule has 2 aromatic carbocycles. The van der Waals surface area contributed by atoms with E-state index in [1.807, 2.05) is 42.5 Å². The van der Waals surface area contributed by atoms with Gasteiger partial charge in [0, 0.05) is 16.6 Å². The minimum atomic E-state index is -0.163. The second-order valence-electron chi connectivity index (χ2n) is 7.91. The lowest BCUT2D eigenvalue weighted by Gasteiger charge is -2.19. The Bertz CT molecular complexity index is 821. The summed E-state index contributed by atoms with van der Waals surface area (Å²) >= 11 is 1.40. The highest BCUT2D eigenvalue weighted by Gasteiger charge is 2.23. The number of carbonyl (C=O) groups excluding carboxylic acids is 2. The van der Waals surface area contributed by atoms with Crippen molar-refractivity contribution in [3.63, 3.8) is 0 Å². The molecule has 0 atom stereocenters. The topological polar surface area (TPSA) is 58.2 Å². The van der Waals surface area contributed by atoms with Crippen molar-refractivity contribution in [2.24, 2.45) is 0 Å². The van der Waals surface area contributed by atoms with Gasteiger partial charge in [0.05, 0.1) is 11.3 Å². The molecule has 0 bridgehead atoms. The van der Waals surface area contributed by atoms with Crippen LogP contribution in [0.3, 0.4) is 0 Å². The van der Waals surface area contributed by atoms with E-state index in [4.69, 9.17) is 0 Å². The van der Waals surface area contributed by atoms with Crippen LogP contribution in [0.5, 0.6) is 0 Å². The van der Waals surface area contributed by atoms with Crippen molar-refractivity contribution in [2.45, 2.75) is 50.0 Å². The Labute approximate surface area is 165 Å². The molecular formula is C22H26N2O2S. The summed E-state index contributed by atoms with van der Waals surface area (Å²) in [6, 6.07) is 15.7. The minimum absolute atomic E-state index is 0.0236. The van der Waals surface area contributed by atoms with E-state index in [9.17, 15) is 9.59 Å². The number of carbonyl (C=O) groups is 2. The zero-order valence-electron chi connectivity index (χ0n) is 16.0. The van der Waals surface area contributed by atoms with Gasteiger partial charge in [0.1, 0.15) is 0 Å². The highest BCUT2D eigenvalue weighted by Crippen LogP contribution is 2.26. The molecule has 2 N–H and O–H groups in total. The van der Waals surface area contributed by atoms with Gasteiger partial charge in [-0.2, -0.15) is 0 Å². The van der Waals surface area contributed by atoms with Gasteiger partial charge < -0.3 is 10.6 Å². The maximum Gasteiger partial charge on any atom is 0.256 e. The average molecular weight is 383 g/mol. The van der Waals surface area contributed by atoms with Crippen molar-refractivity contribution in [1.29, 1.82) is 0 Å². The number of benzene rings is 2. The highest BCUT2D eigenvalue weighted by molar-refractivity contribution is 8.00. The van der Waals surface area contributed by atoms with Crippen LogP contribution in [0.15, 0.2) is 53.4 Å². The van der Waals surface area contributed by atoms with Crippen LogP contribution >= 0.6 is 11.8 Å². The fraction of sp³-hybridized carbons (Fsp3) is 0.364. The predicted octanol–water partition coefficient (Wildman–Crippen LogP) is 4.61. The first-order valence-electron chi connectivity index (χ1n) is 9.26. The van der Waals surface area contributed by atoms with E-state index >= 15 is 0 Å². The van der Waals surface area contributed by atoms with Crippen molar-refractivity contribution in [3.8, 4) is 0 Å². The Balaban J connectivity index is 1.64. The Kier molecular flexibility index (Phi) is 5.90. The molecule has 0 aliphatic heterocycles. The third-order valence-corrected chi connectivity index (χ3v) is 5.52. The van der Waals surface area contributed by atoms with Crippen molar-refractivity contribution < 1.29 is 9.59 Å². The smallest absolute Gasteiger partial charge is 0.256 e. The summed E-state index contributed by atoms with van der Waals surface area (Å²) in [5.41, 5.74) is 2.64. The zero-order valence-corrected chi connectivity index (χ0v) is 16.9. The van der Waals surface area contributed by atoms with Crippen LogP contribution in [0.25, 0.3) is 0 Å². The average Bonchev–Trinajstić information content (AvgIpc) is 3.44. The van der Waals surface area contributed by atoms with Gasteiger partial charge in [-0.25, -0.2) is 0 Å². The SMILES string of the molecule is CC(C)(C)c1ccc(NC(=O)c2ccccc2SCC(=O)NC2CC2)cc1. The van der Waals surface area contributed by atoms with Gasteiger partial charge in [-0.15, -0.1) is 11.8 Å². The summed E-state index contributed by atoms with van der Waals surface area (Å²) in [5.74, 6) is 0.181. The molecule has 1 saturated carbocycles. The molecule has 4 nitrogen and oxygen atoms in total. The highest BCUT2D eigenvalue weighted by atomic mass is 32.2. The number of nitrogens with one attached hydrogen (secondary N) is 2. The molecule has 0 heterocycles. The summed E-state index contributed by atoms with van der Waals surface area (Å²) in [7, 11) is 0. The number of anilines is 1. The van der Waals surface area contributed by atoms with E-state index < -0.39 is 0 Å². The Hall–Kier alpha value is -2.27. The lowest BCUT2D eigenvalue weighted by Crippen LogP contribution is -2.27. The maximum atomic E-state index is 12.7. The van der Waals surface area contributed by atoms with Gasteiger partial charge in [0.15, 0.2) is 0 Å². The molecular weight excluding hydrogens is 356 g/mol. The maximum absolute atomic E-state index is 12.7. The molecule has 0 radical (unpaired) electrons. The van der Waals surface area contributed by atoms with Gasteiger partial charge in [0.25, 0.3) is 5.91 Å². The lowest BCUT2D eigenvalue weighted by molar-refractivity contribution is -0.118. The molecule has 3 rings (SSSR count). The van der Waals surface area contributed by atoms with Crippen LogP contribution in [0, 0.1) is 0 Å². The fourth-order valence-electron chi connectivity index (χ4n) is 2.67. The number of thioether (sulfide) groups is 1. The molecule has 0 aromatic heterocycles. The van der Waals surface area contributed by atoms with Crippen LogP contribution < -0.4 is 10.6 Å². The van der Waals surface area contributed by atoms with Gasteiger partial charge in [-0.05, 0) is 48.1 Å². The molecule has 0 unspecified atom stereocenters. The van der Waals surface area contributed by atoms with Crippen LogP contribution in [-0.2, 0) is 10.2 Å².